The van der Waals surface area contributed by atoms with Crippen LogP contribution in [-0.2, 0) is 9.53 Å². The van der Waals surface area contributed by atoms with E-state index in [4.69, 9.17) is 14.2 Å². The SMILES string of the molecule is COc1ccc(OC(C)C(=O)OCC(=O)c2cc(C)ccc2C)cc1. The van der Waals surface area contributed by atoms with Crippen LogP contribution in [0.4, 0.5) is 0 Å². The quantitative estimate of drug-likeness (QED) is 0.569. The van der Waals surface area contributed by atoms with Crippen molar-refractivity contribution in [3.8, 4) is 11.5 Å². The second-order valence-corrected chi connectivity index (χ2v) is 5.78. The first-order valence-electron chi connectivity index (χ1n) is 7.98. The molecule has 0 aromatic heterocycles. The molecule has 5 heteroatoms. The predicted octanol–water partition coefficient (Wildman–Crippen LogP) is 3.51. The van der Waals surface area contributed by atoms with Gasteiger partial charge in [0.15, 0.2) is 12.7 Å². The average molecular weight is 342 g/mol. The van der Waals surface area contributed by atoms with E-state index in [2.05, 4.69) is 0 Å². The number of aryl methyl sites for hydroxylation is 2. The van der Waals surface area contributed by atoms with Gasteiger partial charge in [-0.15, -0.1) is 0 Å². The average Bonchev–Trinajstić information content (AvgIpc) is 2.62. The molecular formula is C20H22O5. The minimum absolute atomic E-state index is 0.230. The van der Waals surface area contributed by atoms with Crippen molar-refractivity contribution in [3.63, 3.8) is 0 Å². The second-order valence-electron chi connectivity index (χ2n) is 5.78. The van der Waals surface area contributed by atoms with Gasteiger partial charge in [-0.3, -0.25) is 4.79 Å². The van der Waals surface area contributed by atoms with Crippen LogP contribution in [0.15, 0.2) is 42.5 Å². The zero-order valence-electron chi connectivity index (χ0n) is 14.9. The van der Waals surface area contributed by atoms with Gasteiger partial charge in [0.05, 0.1) is 7.11 Å². The molecule has 2 aromatic carbocycles. The summed E-state index contributed by atoms with van der Waals surface area (Å²) in [5.41, 5.74) is 2.40. The lowest BCUT2D eigenvalue weighted by Crippen LogP contribution is -2.28. The van der Waals surface area contributed by atoms with Crippen molar-refractivity contribution in [2.45, 2.75) is 26.9 Å². The lowest BCUT2D eigenvalue weighted by atomic mass is 10.0. The summed E-state index contributed by atoms with van der Waals surface area (Å²) in [7, 11) is 1.57. The number of hydrogen-bond donors (Lipinski definition) is 0. The first kappa shape index (κ1) is 18.5. The molecule has 0 saturated heterocycles. The van der Waals surface area contributed by atoms with Gasteiger partial charge in [0, 0.05) is 5.56 Å². The van der Waals surface area contributed by atoms with Crippen LogP contribution in [0.1, 0.15) is 28.4 Å². The monoisotopic (exact) mass is 342 g/mol. The van der Waals surface area contributed by atoms with Gasteiger partial charge in [-0.05, 0) is 56.7 Å². The van der Waals surface area contributed by atoms with Crippen LogP contribution in [0.5, 0.6) is 11.5 Å². The maximum atomic E-state index is 12.2. The molecule has 1 atom stereocenters. The third-order valence-corrected chi connectivity index (χ3v) is 3.74. The summed E-state index contributed by atoms with van der Waals surface area (Å²) >= 11 is 0. The largest absolute Gasteiger partial charge is 0.497 e. The molecule has 0 aliphatic rings. The highest BCUT2D eigenvalue weighted by Crippen LogP contribution is 2.18. The van der Waals surface area contributed by atoms with Gasteiger partial charge >= 0.3 is 5.97 Å². The lowest BCUT2D eigenvalue weighted by molar-refractivity contribution is -0.149. The van der Waals surface area contributed by atoms with Crippen LogP contribution < -0.4 is 9.47 Å². The van der Waals surface area contributed by atoms with E-state index < -0.39 is 12.1 Å². The fourth-order valence-electron chi connectivity index (χ4n) is 2.27. The van der Waals surface area contributed by atoms with Crippen LogP contribution in [0.2, 0.25) is 0 Å². The van der Waals surface area contributed by atoms with Gasteiger partial charge in [0.1, 0.15) is 11.5 Å². The van der Waals surface area contributed by atoms with Gasteiger partial charge in [-0.1, -0.05) is 17.7 Å². The molecule has 0 aliphatic heterocycles. The standard InChI is InChI=1S/C20H22O5/c1-13-5-6-14(2)18(11-13)19(21)12-24-20(22)15(3)25-17-9-7-16(23-4)8-10-17/h5-11,15H,12H2,1-4H3. The van der Waals surface area contributed by atoms with E-state index in [1.54, 1.807) is 44.4 Å². The van der Waals surface area contributed by atoms with Gasteiger partial charge < -0.3 is 14.2 Å². The normalized spacial score (nSPS) is 11.5. The molecule has 5 nitrogen and oxygen atoms in total. The van der Waals surface area contributed by atoms with Gasteiger partial charge in [-0.2, -0.15) is 0 Å². The molecule has 0 spiro atoms. The highest BCUT2D eigenvalue weighted by molar-refractivity contribution is 5.99. The zero-order chi connectivity index (χ0) is 18.4. The number of carbonyl (C=O) groups excluding carboxylic acids is 2. The van der Waals surface area contributed by atoms with E-state index in [-0.39, 0.29) is 12.4 Å². The Morgan fingerprint density at radius 3 is 2.28 bits per heavy atom. The number of rotatable bonds is 7. The third-order valence-electron chi connectivity index (χ3n) is 3.74. The van der Waals surface area contributed by atoms with E-state index in [0.29, 0.717) is 17.1 Å². The fraction of sp³-hybridized carbons (Fsp3) is 0.300. The van der Waals surface area contributed by atoms with Gasteiger partial charge in [0.2, 0.25) is 5.78 Å². The topological polar surface area (TPSA) is 61.8 Å². The van der Waals surface area contributed by atoms with Crippen molar-refractivity contribution in [2.75, 3.05) is 13.7 Å². The molecule has 0 N–H and O–H groups in total. The summed E-state index contributed by atoms with van der Waals surface area (Å²) < 4.78 is 15.7. The van der Waals surface area contributed by atoms with E-state index in [0.717, 1.165) is 11.1 Å². The van der Waals surface area contributed by atoms with Crippen LogP contribution in [0, 0.1) is 13.8 Å². The van der Waals surface area contributed by atoms with Crippen molar-refractivity contribution in [1.29, 1.82) is 0 Å². The van der Waals surface area contributed by atoms with Crippen LogP contribution in [0.3, 0.4) is 0 Å². The highest BCUT2D eigenvalue weighted by atomic mass is 16.6. The summed E-state index contributed by atoms with van der Waals surface area (Å²) in [5, 5.41) is 0. The Morgan fingerprint density at radius 2 is 1.64 bits per heavy atom. The van der Waals surface area contributed by atoms with Crippen LogP contribution >= 0.6 is 0 Å². The molecule has 0 fully saturated rings. The Hall–Kier alpha value is -2.82. The Morgan fingerprint density at radius 1 is 1.00 bits per heavy atom. The first-order chi connectivity index (χ1) is 11.9. The van der Waals surface area contributed by atoms with E-state index in [1.165, 1.54) is 0 Å². The number of ketones is 1. The van der Waals surface area contributed by atoms with Crippen molar-refractivity contribution in [1.82, 2.24) is 0 Å². The van der Waals surface area contributed by atoms with Gasteiger partial charge in [-0.25, -0.2) is 4.79 Å². The summed E-state index contributed by atoms with van der Waals surface area (Å²) in [6.45, 7) is 5.03. The molecule has 25 heavy (non-hydrogen) atoms. The third kappa shape index (κ3) is 5.08. The molecule has 0 saturated carbocycles. The molecule has 2 aromatic rings. The van der Waals surface area contributed by atoms with Crippen molar-refractivity contribution in [3.05, 3.63) is 59.2 Å². The van der Waals surface area contributed by atoms with Crippen LogP contribution in [-0.4, -0.2) is 31.6 Å². The lowest BCUT2D eigenvalue weighted by Gasteiger charge is -2.14. The smallest absolute Gasteiger partial charge is 0.347 e. The molecule has 0 aliphatic carbocycles. The van der Waals surface area contributed by atoms with E-state index in [1.807, 2.05) is 26.0 Å². The summed E-state index contributed by atoms with van der Waals surface area (Å²) in [6.07, 6.45) is -0.820. The number of Topliss-reactive ketones (excluding diaryl/α,β-unsaturated/α-hetero) is 1. The Labute approximate surface area is 147 Å². The molecule has 0 radical (unpaired) electrons. The van der Waals surface area contributed by atoms with Crippen molar-refractivity contribution in [2.24, 2.45) is 0 Å². The molecule has 2 rings (SSSR count). The first-order valence-corrected chi connectivity index (χ1v) is 7.98. The molecular weight excluding hydrogens is 320 g/mol. The number of esters is 1. The molecule has 1 unspecified atom stereocenters. The molecule has 0 amide bonds. The van der Waals surface area contributed by atoms with Crippen molar-refractivity contribution < 1.29 is 23.8 Å². The summed E-state index contributed by atoms with van der Waals surface area (Å²) in [4.78, 5) is 24.3. The fourth-order valence-corrected chi connectivity index (χ4v) is 2.27. The highest BCUT2D eigenvalue weighted by Gasteiger charge is 2.19. The number of ether oxygens (including phenoxy) is 3. The number of benzene rings is 2. The van der Waals surface area contributed by atoms with Crippen LogP contribution in [0.25, 0.3) is 0 Å². The molecule has 0 bridgehead atoms. The molecule has 0 heterocycles. The second kappa shape index (κ2) is 8.33. The number of carbonyl (C=O) groups is 2. The summed E-state index contributed by atoms with van der Waals surface area (Å²) in [5.74, 6) is 0.397. The Kier molecular flexibility index (Phi) is 6.17. The molecule has 132 valence electrons. The minimum Gasteiger partial charge on any atom is -0.497 e. The Balaban J connectivity index is 1.90. The maximum absolute atomic E-state index is 12.2. The summed E-state index contributed by atoms with van der Waals surface area (Å²) in [6, 6.07) is 12.5. The van der Waals surface area contributed by atoms with E-state index >= 15 is 0 Å². The predicted molar refractivity (Wildman–Crippen MR) is 94.3 cm³/mol. The van der Waals surface area contributed by atoms with Gasteiger partial charge in [0.25, 0.3) is 0 Å². The van der Waals surface area contributed by atoms with Crippen molar-refractivity contribution >= 4 is 11.8 Å². The minimum atomic E-state index is -0.820. The zero-order valence-corrected chi connectivity index (χ0v) is 14.9. The number of hydrogen-bond acceptors (Lipinski definition) is 5. The maximum Gasteiger partial charge on any atom is 0.347 e. The number of methoxy groups -OCH3 is 1. The Bertz CT molecular complexity index is 749. The van der Waals surface area contributed by atoms with E-state index in [9.17, 15) is 9.59 Å².